The number of fused-ring (bicyclic) bond motifs is 1. The Morgan fingerprint density at radius 1 is 1.31 bits per heavy atom. The van der Waals surface area contributed by atoms with Crippen molar-refractivity contribution in [2.45, 2.75) is 39.4 Å². The number of rotatable bonds is 7. The minimum atomic E-state index is -4.46. The van der Waals surface area contributed by atoms with Crippen LogP contribution in [-0.2, 0) is 6.54 Å². The van der Waals surface area contributed by atoms with Crippen LogP contribution >= 0.6 is 0 Å². The highest BCUT2D eigenvalue weighted by Crippen LogP contribution is 2.33. The first-order chi connectivity index (χ1) is 15.2. The molecule has 10 heteroatoms. The Labute approximate surface area is 182 Å². The highest BCUT2D eigenvalue weighted by molar-refractivity contribution is 5.96. The lowest BCUT2D eigenvalue weighted by Crippen LogP contribution is -2.39. The Hall–Kier alpha value is -3.30. The second kappa shape index (κ2) is 8.33. The smallest absolute Gasteiger partial charge is 0.338 e. The van der Waals surface area contributed by atoms with E-state index in [1.165, 1.54) is 13.0 Å². The summed E-state index contributed by atoms with van der Waals surface area (Å²) in [6.45, 7) is 2.56. The maximum Gasteiger partial charge on any atom is 0.406 e. The van der Waals surface area contributed by atoms with Gasteiger partial charge in [0.2, 0.25) is 0 Å². The molecule has 1 amide bonds. The van der Waals surface area contributed by atoms with Gasteiger partial charge in [-0.2, -0.15) is 18.3 Å². The molecule has 0 bridgehead atoms. The van der Waals surface area contributed by atoms with Crippen molar-refractivity contribution in [2.75, 3.05) is 18.4 Å². The Morgan fingerprint density at radius 3 is 2.69 bits per heavy atom. The molecule has 1 saturated carbocycles. The molecule has 2 aromatic heterocycles. The van der Waals surface area contributed by atoms with E-state index in [9.17, 15) is 22.8 Å². The molecule has 3 aromatic rings. The predicted molar refractivity (Wildman–Crippen MR) is 115 cm³/mol. The van der Waals surface area contributed by atoms with E-state index < -0.39 is 18.6 Å². The van der Waals surface area contributed by atoms with Crippen LogP contribution in [0.1, 0.15) is 35.7 Å². The van der Waals surface area contributed by atoms with Crippen LogP contribution in [0.3, 0.4) is 0 Å². The SMILES string of the molecule is CCN(CC(F)(F)F)C(=O)c1ccc(Nc2nn(CC3CC3)c3cc[nH]c(=O)c23)cc1C. The van der Waals surface area contributed by atoms with Gasteiger partial charge in [-0.3, -0.25) is 14.3 Å². The molecule has 170 valence electrons. The van der Waals surface area contributed by atoms with Crippen LogP contribution in [0.4, 0.5) is 24.7 Å². The first kappa shape index (κ1) is 21.9. The van der Waals surface area contributed by atoms with Gasteiger partial charge in [0.1, 0.15) is 11.9 Å². The quantitative estimate of drug-likeness (QED) is 0.568. The van der Waals surface area contributed by atoms with Crippen molar-refractivity contribution >= 4 is 28.3 Å². The maximum atomic E-state index is 12.8. The lowest BCUT2D eigenvalue weighted by atomic mass is 10.1. The number of carbonyl (C=O) groups excluding carboxylic acids is 1. The summed E-state index contributed by atoms with van der Waals surface area (Å²) in [5.74, 6) is 0.286. The molecule has 32 heavy (non-hydrogen) atoms. The third-order valence-electron chi connectivity index (χ3n) is 5.56. The molecular formula is C22H24F3N5O2. The van der Waals surface area contributed by atoms with Gasteiger partial charge in [-0.1, -0.05) is 0 Å². The Bertz CT molecular complexity index is 1210. The summed E-state index contributed by atoms with van der Waals surface area (Å²) in [4.78, 5) is 28.5. The summed E-state index contributed by atoms with van der Waals surface area (Å²) in [6.07, 6.45) is -0.588. The van der Waals surface area contributed by atoms with E-state index >= 15 is 0 Å². The van der Waals surface area contributed by atoms with Gasteiger partial charge in [-0.15, -0.1) is 0 Å². The fourth-order valence-electron chi connectivity index (χ4n) is 3.74. The molecule has 4 rings (SSSR count). The lowest BCUT2D eigenvalue weighted by molar-refractivity contribution is -0.140. The van der Waals surface area contributed by atoms with E-state index in [1.807, 2.05) is 10.7 Å². The number of nitrogens with one attached hydrogen (secondary N) is 2. The van der Waals surface area contributed by atoms with Crippen LogP contribution in [0.15, 0.2) is 35.3 Å². The molecule has 0 saturated heterocycles. The summed E-state index contributed by atoms with van der Waals surface area (Å²) in [5.41, 5.74) is 1.78. The van der Waals surface area contributed by atoms with Gasteiger partial charge < -0.3 is 15.2 Å². The predicted octanol–water partition coefficient (Wildman–Crippen LogP) is 4.21. The fraction of sp³-hybridized carbons (Fsp3) is 0.409. The normalized spacial score (nSPS) is 14.0. The number of hydrogen-bond acceptors (Lipinski definition) is 4. The monoisotopic (exact) mass is 447 g/mol. The zero-order chi connectivity index (χ0) is 23.0. The maximum absolute atomic E-state index is 12.8. The number of carbonyl (C=O) groups is 1. The zero-order valence-electron chi connectivity index (χ0n) is 17.8. The standard InChI is InChI=1S/C22H24F3N5O2/c1-3-29(12-22(23,24)25)21(32)16-7-6-15(10-13(16)2)27-19-18-17(8-9-26-20(18)31)30(28-19)11-14-4-5-14/h6-10,14H,3-5,11-12H2,1-2H3,(H,26,31)(H,27,28). The molecule has 2 N–H and O–H groups in total. The molecule has 0 atom stereocenters. The van der Waals surface area contributed by atoms with Crippen LogP contribution < -0.4 is 10.9 Å². The van der Waals surface area contributed by atoms with Crippen LogP contribution in [0.25, 0.3) is 10.9 Å². The molecule has 0 spiro atoms. The van der Waals surface area contributed by atoms with Crippen molar-refractivity contribution in [3.8, 4) is 0 Å². The van der Waals surface area contributed by atoms with E-state index in [0.717, 1.165) is 29.8 Å². The van der Waals surface area contributed by atoms with Crippen LogP contribution in [-0.4, -0.2) is 44.8 Å². The third-order valence-corrected chi connectivity index (χ3v) is 5.56. The number of hydrogen-bond donors (Lipinski definition) is 2. The molecule has 2 heterocycles. The number of pyridine rings is 1. The lowest BCUT2D eigenvalue weighted by Gasteiger charge is -2.23. The zero-order valence-corrected chi connectivity index (χ0v) is 17.8. The highest BCUT2D eigenvalue weighted by atomic mass is 19.4. The molecular weight excluding hydrogens is 423 g/mol. The van der Waals surface area contributed by atoms with Gasteiger partial charge >= 0.3 is 6.18 Å². The number of anilines is 2. The molecule has 1 fully saturated rings. The molecule has 0 aliphatic heterocycles. The summed E-state index contributed by atoms with van der Waals surface area (Å²) in [7, 11) is 0. The number of aromatic amines is 1. The van der Waals surface area contributed by atoms with Crippen molar-refractivity contribution in [1.29, 1.82) is 0 Å². The molecule has 7 nitrogen and oxygen atoms in total. The second-order valence-corrected chi connectivity index (χ2v) is 8.13. The van der Waals surface area contributed by atoms with Crippen LogP contribution in [0, 0.1) is 12.8 Å². The number of alkyl halides is 3. The van der Waals surface area contributed by atoms with Gasteiger partial charge in [-0.25, -0.2) is 0 Å². The minimum Gasteiger partial charge on any atom is -0.338 e. The average Bonchev–Trinajstić information content (AvgIpc) is 3.47. The van der Waals surface area contributed by atoms with Crippen molar-refractivity contribution < 1.29 is 18.0 Å². The number of nitrogens with zero attached hydrogens (tertiary/aromatic N) is 3. The Morgan fingerprint density at radius 2 is 2.06 bits per heavy atom. The van der Waals surface area contributed by atoms with E-state index in [0.29, 0.717) is 28.4 Å². The van der Waals surface area contributed by atoms with Gasteiger partial charge in [0.15, 0.2) is 5.82 Å². The minimum absolute atomic E-state index is 0.0506. The summed E-state index contributed by atoms with van der Waals surface area (Å²) in [6, 6.07) is 6.57. The van der Waals surface area contributed by atoms with E-state index in [2.05, 4.69) is 15.4 Å². The molecule has 1 aliphatic rings. The molecule has 1 aliphatic carbocycles. The number of amides is 1. The number of benzene rings is 1. The number of halogens is 3. The van der Waals surface area contributed by atoms with Gasteiger partial charge in [0.25, 0.3) is 11.5 Å². The van der Waals surface area contributed by atoms with Crippen LogP contribution in [0.5, 0.6) is 0 Å². The number of aromatic nitrogens is 3. The molecule has 0 unspecified atom stereocenters. The van der Waals surface area contributed by atoms with Gasteiger partial charge in [0, 0.05) is 30.5 Å². The van der Waals surface area contributed by atoms with E-state index in [4.69, 9.17) is 0 Å². The fourth-order valence-corrected chi connectivity index (χ4v) is 3.74. The highest BCUT2D eigenvalue weighted by Gasteiger charge is 2.33. The molecule has 1 aromatic carbocycles. The average molecular weight is 447 g/mol. The topological polar surface area (TPSA) is 83.0 Å². The summed E-state index contributed by atoms with van der Waals surface area (Å²) >= 11 is 0. The summed E-state index contributed by atoms with van der Waals surface area (Å²) < 4.78 is 40.2. The molecule has 0 radical (unpaired) electrons. The van der Waals surface area contributed by atoms with Gasteiger partial charge in [0.05, 0.1) is 5.52 Å². The van der Waals surface area contributed by atoms with Crippen LogP contribution in [0.2, 0.25) is 0 Å². The van der Waals surface area contributed by atoms with Gasteiger partial charge in [-0.05, 0) is 62.4 Å². The first-order valence-electron chi connectivity index (χ1n) is 10.5. The Balaban J connectivity index is 1.61. The van der Waals surface area contributed by atoms with Crippen molar-refractivity contribution in [3.05, 3.63) is 51.9 Å². The second-order valence-electron chi connectivity index (χ2n) is 8.13. The first-order valence-corrected chi connectivity index (χ1v) is 10.5. The third kappa shape index (κ3) is 4.63. The van der Waals surface area contributed by atoms with E-state index in [1.54, 1.807) is 25.3 Å². The number of aryl methyl sites for hydroxylation is 1. The largest absolute Gasteiger partial charge is 0.406 e. The van der Waals surface area contributed by atoms with Crippen molar-refractivity contribution in [2.24, 2.45) is 5.92 Å². The van der Waals surface area contributed by atoms with Crippen molar-refractivity contribution in [3.63, 3.8) is 0 Å². The Kier molecular flexibility index (Phi) is 5.70. The van der Waals surface area contributed by atoms with Crippen molar-refractivity contribution in [1.82, 2.24) is 19.7 Å². The number of H-pyrrole nitrogens is 1. The van der Waals surface area contributed by atoms with E-state index in [-0.39, 0.29) is 17.7 Å². The summed E-state index contributed by atoms with van der Waals surface area (Å²) in [5, 5.41) is 8.15.